The number of phenols is 1. The van der Waals surface area contributed by atoms with Crippen LogP contribution in [-0.2, 0) is 14.8 Å². The van der Waals surface area contributed by atoms with E-state index in [0.29, 0.717) is 11.3 Å². The summed E-state index contributed by atoms with van der Waals surface area (Å²) in [7, 11) is -3.88. The van der Waals surface area contributed by atoms with Crippen LogP contribution in [0, 0.1) is 0 Å². The number of hydrogen-bond donors (Lipinski definition) is 3. The van der Waals surface area contributed by atoms with Gasteiger partial charge in [0.1, 0.15) is 5.75 Å². The van der Waals surface area contributed by atoms with Crippen molar-refractivity contribution >= 4 is 38.6 Å². The Balaban J connectivity index is 1.81. The summed E-state index contributed by atoms with van der Waals surface area (Å²) >= 11 is 0. The predicted octanol–water partition coefficient (Wildman–Crippen LogP) is 2.82. The summed E-state index contributed by atoms with van der Waals surface area (Å²) in [5.74, 6) is -0.250. The first kappa shape index (κ1) is 18.4. The summed E-state index contributed by atoms with van der Waals surface area (Å²) in [6.07, 6.45) is 1.26. The SMILES string of the molecule is CC(=O)Nc1ccc(S(=O)(=O)N/N=C/c2c(O)ccc3ccccc23)cc1. The first-order chi connectivity index (χ1) is 12.9. The Morgan fingerprint density at radius 3 is 2.44 bits per heavy atom. The van der Waals surface area contributed by atoms with Crippen molar-refractivity contribution in [2.24, 2.45) is 5.10 Å². The van der Waals surface area contributed by atoms with Crippen molar-refractivity contribution in [3.63, 3.8) is 0 Å². The minimum atomic E-state index is -3.88. The fourth-order valence-corrected chi connectivity index (χ4v) is 3.34. The van der Waals surface area contributed by atoms with Gasteiger partial charge in [-0.1, -0.05) is 30.3 Å². The first-order valence-electron chi connectivity index (χ1n) is 8.00. The number of sulfonamides is 1. The van der Waals surface area contributed by atoms with Gasteiger partial charge in [0.25, 0.3) is 10.0 Å². The molecule has 3 rings (SSSR count). The van der Waals surface area contributed by atoms with Crippen LogP contribution in [0.15, 0.2) is 70.7 Å². The van der Waals surface area contributed by atoms with Crippen molar-refractivity contribution in [2.45, 2.75) is 11.8 Å². The Bertz CT molecular complexity index is 1120. The lowest BCUT2D eigenvalue weighted by molar-refractivity contribution is -0.114. The number of carbonyl (C=O) groups is 1. The molecule has 0 aliphatic rings. The Morgan fingerprint density at radius 2 is 1.74 bits per heavy atom. The summed E-state index contributed by atoms with van der Waals surface area (Å²) in [4.78, 5) is 13.1. The molecule has 0 heterocycles. The highest BCUT2D eigenvalue weighted by Crippen LogP contribution is 2.25. The minimum Gasteiger partial charge on any atom is -0.507 e. The van der Waals surface area contributed by atoms with Gasteiger partial charge in [-0.25, -0.2) is 4.83 Å². The van der Waals surface area contributed by atoms with E-state index >= 15 is 0 Å². The van der Waals surface area contributed by atoms with Crippen LogP contribution < -0.4 is 10.1 Å². The third-order valence-electron chi connectivity index (χ3n) is 3.80. The average molecular weight is 383 g/mol. The molecule has 27 heavy (non-hydrogen) atoms. The number of aromatic hydroxyl groups is 1. The molecule has 0 spiro atoms. The second kappa shape index (κ2) is 7.46. The Hall–Kier alpha value is -3.39. The molecule has 0 unspecified atom stereocenters. The van der Waals surface area contributed by atoms with Crippen LogP contribution in [0.1, 0.15) is 12.5 Å². The number of hydrogen-bond acceptors (Lipinski definition) is 5. The maximum atomic E-state index is 12.3. The second-order valence-electron chi connectivity index (χ2n) is 5.78. The fraction of sp³-hybridized carbons (Fsp3) is 0.0526. The van der Waals surface area contributed by atoms with Crippen LogP contribution in [0.2, 0.25) is 0 Å². The van der Waals surface area contributed by atoms with Gasteiger partial charge in [-0.3, -0.25) is 4.79 Å². The van der Waals surface area contributed by atoms with Gasteiger partial charge in [-0.05, 0) is 41.1 Å². The van der Waals surface area contributed by atoms with E-state index in [2.05, 4.69) is 15.2 Å². The third-order valence-corrected chi connectivity index (χ3v) is 5.04. The zero-order chi connectivity index (χ0) is 19.4. The number of nitrogens with one attached hydrogen (secondary N) is 2. The number of rotatable bonds is 5. The van der Waals surface area contributed by atoms with Crippen LogP contribution >= 0.6 is 0 Å². The van der Waals surface area contributed by atoms with Gasteiger partial charge in [0.15, 0.2) is 0 Å². The topological polar surface area (TPSA) is 108 Å². The van der Waals surface area contributed by atoms with E-state index in [1.807, 2.05) is 24.3 Å². The van der Waals surface area contributed by atoms with Crippen LogP contribution in [0.5, 0.6) is 5.75 Å². The van der Waals surface area contributed by atoms with E-state index in [-0.39, 0.29) is 16.6 Å². The largest absolute Gasteiger partial charge is 0.507 e. The molecule has 0 atom stereocenters. The summed E-state index contributed by atoms with van der Waals surface area (Å²) < 4.78 is 24.7. The highest BCUT2D eigenvalue weighted by Gasteiger charge is 2.13. The molecule has 8 heteroatoms. The molecule has 0 saturated heterocycles. The van der Waals surface area contributed by atoms with Gasteiger partial charge in [0.2, 0.25) is 5.91 Å². The normalized spacial score (nSPS) is 11.6. The number of nitrogens with zero attached hydrogens (tertiary/aromatic N) is 1. The van der Waals surface area contributed by atoms with Gasteiger partial charge >= 0.3 is 0 Å². The van der Waals surface area contributed by atoms with E-state index in [0.717, 1.165) is 10.8 Å². The van der Waals surface area contributed by atoms with Crippen molar-refractivity contribution in [3.05, 3.63) is 66.2 Å². The van der Waals surface area contributed by atoms with Gasteiger partial charge < -0.3 is 10.4 Å². The summed E-state index contributed by atoms with van der Waals surface area (Å²) in [5, 5.41) is 18.0. The van der Waals surface area contributed by atoms with Crippen molar-refractivity contribution in [3.8, 4) is 5.75 Å². The quantitative estimate of drug-likeness (QED) is 0.465. The lowest BCUT2D eigenvalue weighted by Crippen LogP contribution is -2.18. The van der Waals surface area contributed by atoms with Crippen LogP contribution in [0.25, 0.3) is 10.8 Å². The zero-order valence-electron chi connectivity index (χ0n) is 14.4. The summed E-state index contributed by atoms with van der Waals surface area (Å²) in [6, 6.07) is 16.4. The molecule has 3 aromatic rings. The summed E-state index contributed by atoms with van der Waals surface area (Å²) in [6.45, 7) is 1.36. The van der Waals surface area contributed by atoms with Crippen LogP contribution in [0.3, 0.4) is 0 Å². The minimum absolute atomic E-state index is 0.00342. The number of anilines is 1. The number of amides is 1. The summed E-state index contributed by atoms with van der Waals surface area (Å²) in [5.41, 5.74) is 0.905. The lowest BCUT2D eigenvalue weighted by Gasteiger charge is -2.07. The molecule has 7 nitrogen and oxygen atoms in total. The number of phenolic OH excluding ortho intramolecular Hbond substituents is 1. The van der Waals surface area contributed by atoms with Gasteiger partial charge in [0.05, 0.1) is 11.1 Å². The Labute approximate surface area is 156 Å². The van der Waals surface area contributed by atoms with Crippen LogP contribution in [-0.4, -0.2) is 25.6 Å². The first-order valence-corrected chi connectivity index (χ1v) is 9.48. The van der Waals surface area contributed by atoms with Crippen LogP contribution in [0.4, 0.5) is 5.69 Å². The Morgan fingerprint density at radius 1 is 1.04 bits per heavy atom. The maximum absolute atomic E-state index is 12.3. The second-order valence-corrected chi connectivity index (χ2v) is 7.44. The number of hydrazone groups is 1. The lowest BCUT2D eigenvalue weighted by atomic mass is 10.0. The monoisotopic (exact) mass is 383 g/mol. The van der Waals surface area contributed by atoms with Crippen molar-refractivity contribution in [1.29, 1.82) is 0 Å². The molecule has 0 aliphatic carbocycles. The van der Waals surface area contributed by atoms with E-state index in [1.54, 1.807) is 6.07 Å². The van der Waals surface area contributed by atoms with E-state index < -0.39 is 10.0 Å². The maximum Gasteiger partial charge on any atom is 0.276 e. The van der Waals surface area contributed by atoms with Crippen molar-refractivity contribution < 1.29 is 18.3 Å². The molecule has 0 bridgehead atoms. The average Bonchev–Trinajstić information content (AvgIpc) is 2.63. The molecule has 0 saturated carbocycles. The highest BCUT2D eigenvalue weighted by atomic mass is 32.2. The molecular formula is C19H17N3O4S. The molecule has 0 aromatic heterocycles. The number of carbonyl (C=O) groups excluding carboxylic acids is 1. The van der Waals surface area contributed by atoms with Gasteiger partial charge in [-0.15, -0.1) is 0 Å². The number of fused-ring (bicyclic) bond motifs is 1. The molecule has 138 valence electrons. The molecule has 3 N–H and O–H groups in total. The predicted molar refractivity (Wildman–Crippen MR) is 104 cm³/mol. The van der Waals surface area contributed by atoms with Gasteiger partial charge in [0, 0.05) is 18.2 Å². The standard InChI is InChI=1S/C19H17N3O4S/c1-13(23)21-15-7-9-16(10-8-15)27(25,26)22-20-12-18-17-5-3-2-4-14(17)6-11-19(18)24/h2-12,22,24H,1H3,(H,21,23)/b20-12+. The molecule has 0 radical (unpaired) electrons. The Kier molecular flexibility index (Phi) is 5.09. The highest BCUT2D eigenvalue weighted by molar-refractivity contribution is 7.89. The molecular weight excluding hydrogens is 366 g/mol. The van der Waals surface area contributed by atoms with E-state index in [4.69, 9.17) is 0 Å². The fourth-order valence-electron chi connectivity index (χ4n) is 2.55. The molecule has 1 amide bonds. The van der Waals surface area contributed by atoms with Crippen molar-refractivity contribution in [1.82, 2.24) is 4.83 Å². The smallest absolute Gasteiger partial charge is 0.276 e. The molecule has 0 fully saturated rings. The number of benzene rings is 3. The third kappa shape index (κ3) is 4.24. The molecule has 3 aromatic carbocycles. The van der Waals surface area contributed by atoms with E-state index in [9.17, 15) is 18.3 Å². The van der Waals surface area contributed by atoms with E-state index in [1.165, 1.54) is 43.5 Å². The zero-order valence-corrected chi connectivity index (χ0v) is 15.2. The van der Waals surface area contributed by atoms with Gasteiger partial charge in [-0.2, -0.15) is 13.5 Å². The van der Waals surface area contributed by atoms with Crippen molar-refractivity contribution in [2.75, 3.05) is 5.32 Å². The molecule has 0 aliphatic heterocycles.